The highest BCUT2D eigenvalue weighted by molar-refractivity contribution is 9.10. The molecule has 0 atom stereocenters. The predicted octanol–water partition coefficient (Wildman–Crippen LogP) is 2.15. The summed E-state index contributed by atoms with van der Waals surface area (Å²) in [5, 5.41) is 2.79. The van der Waals surface area contributed by atoms with Gasteiger partial charge in [0.15, 0.2) is 0 Å². The number of hydrogen-bond acceptors (Lipinski definition) is 3. The third kappa shape index (κ3) is 3.29. The zero-order chi connectivity index (χ0) is 12.3. The van der Waals surface area contributed by atoms with Gasteiger partial charge < -0.3 is 16.0 Å². The van der Waals surface area contributed by atoms with Gasteiger partial charge in [-0.2, -0.15) is 0 Å². The van der Waals surface area contributed by atoms with Gasteiger partial charge in [-0.1, -0.05) is 0 Å². The van der Waals surface area contributed by atoms with Crippen molar-refractivity contribution in [3.05, 3.63) is 22.7 Å². The maximum atomic E-state index is 11.3. The van der Waals surface area contributed by atoms with Gasteiger partial charge in [0.2, 0.25) is 0 Å². The number of carbonyl (C=O) groups is 1. The van der Waals surface area contributed by atoms with E-state index in [0.29, 0.717) is 0 Å². The SMILES string of the molecule is Nc1ccc(SCCN2CCNC2=O)c(Br)c1. The molecule has 17 heavy (non-hydrogen) atoms. The lowest BCUT2D eigenvalue weighted by Gasteiger charge is -2.13. The lowest BCUT2D eigenvalue weighted by Crippen LogP contribution is -2.30. The summed E-state index contributed by atoms with van der Waals surface area (Å²) in [5.41, 5.74) is 6.42. The standard InChI is InChI=1S/C11H14BrN3OS/c12-9-7-8(13)1-2-10(9)17-6-5-15-4-3-14-11(15)16/h1-2,7H,3-6,13H2,(H,14,16). The Morgan fingerprint density at radius 1 is 1.53 bits per heavy atom. The van der Waals surface area contributed by atoms with Gasteiger partial charge in [-0.25, -0.2) is 4.79 Å². The second-order valence-corrected chi connectivity index (χ2v) is 5.75. The Balaban J connectivity index is 1.83. The summed E-state index contributed by atoms with van der Waals surface area (Å²) in [6.45, 7) is 2.34. The molecule has 1 fully saturated rings. The molecule has 92 valence electrons. The number of thioether (sulfide) groups is 1. The highest BCUT2D eigenvalue weighted by Gasteiger charge is 2.18. The van der Waals surface area contributed by atoms with E-state index in [0.717, 1.165) is 40.4 Å². The van der Waals surface area contributed by atoms with Crippen LogP contribution in [0.25, 0.3) is 0 Å². The smallest absolute Gasteiger partial charge is 0.317 e. The molecule has 0 saturated carbocycles. The van der Waals surface area contributed by atoms with Crippen LogP contribution in [0.3, 0.4) is 0 Å². The first-order valence-corrected chi connectivity index (χ1v) is 7.15. The van der Waals surface area contributed by atoms with Gasteiger partial charge in [0.25, 0.3) is 0 Å². The minimum Gasteiger partial charge on any atom is -0.399 e. The van der Waals surface area contributed by atoms with Gasteiger partial charge in [0.1, 0.15) is 0 Å². The van der Waals surface area contributed by atoms with Crippen molar-refractivity contribution in [3.8, 4) is 0 Å². The van der Waals surface area contributed by atoms with Gasteiger partial charge in [0, 0.05) is 40.4 Å². The summed E-state index contributed by atoms with van der Waals surface area (Å²) in [7, 11) is 0. The molecule has 4 nitrogen and oxygen atoms in total. The predicted molar refractivity (Wildman–Crippen MR) is 74.3 cm³/mol. The van der Waals surface area contributed by atoms with Crippen LogP contribution in [-0.2, 0) is 0 Å². The highest BCUT2D eigenvalue weighted by Crippen LogP contribution is 2.29. The van der Waals surface area contributed by atoms with Crippen LogP contribution in [0.5, 0.6) is 0 Å². The van der Waals surface area contributed by atoms with Crippen molar-refractivity contribution in [2.45, 2.75) is 4.90 Å². The molecule has 1 heterocycles. The van der Waals surface area contributed by atoms with Gasteiger partial charge in [-0.05, 0) is 34.1 Å². The third-order valence-electron chi connectivity index (χ3n) is 2.52. The van der Waals surface area contributed by atoms with E-state index in [1.807, 2.05) is 23.1 Å². The number of nitrogens with one attached hydrogen (secondary N) is 1. The van der Waals surface area contributed by atoms with Crippen LogP contribution in [0, 0.1) is 0 Å². The van der Waals surface area contributed by atoms with Gasteiger partial charge in [-0.3, -0.25) is 0 Å². The average Bonchev–Trinajstić information content (AvgIpc) is 2.68. The Labute approximate surface area is 113 Å². The first kappa shape index (κ1) is 12.6. The minimum absolute atomic E-state index is 0.0435. The fourth-order valence-corrected chi connectivity index (χ4v) is 3.26. The Morgan fingerprint density at radius 3 is 3.00 bits per heavy atom. The zero-order valence-electron chi connectivity index (χ0n) is 9.28. The van der Waals surface area contributed by atoms with E-state index in [-0.39, 0.29) is 6.03 Å². The Hall–Kier alpha value is -0.880. The van der Waals surface area contributed by atoms with E-state index in [4.69, 9.17) is 5.73 Å². The molecule has 0 radical (unpaired) electrons. The van der Waals surface area contributed by atoms with E-state index in [1.165, 1.54) is 0 Å². The fraction of sp³-hybridized carbons (Fsp3) is 0.364. The summed E-state index contributed by atoms with van der Waals surface area (Å²) < 4.78 is 1.01. The number of urea groups is 1. The molecule has 0 spiro atoms. The monoisotopic (exact) mass is 315 g/mol. The molecule has 0 aliphatic carbocycles. The molecule has 1 aliphatic heterocycles. The fourth-order valence-electron chi connectivity index (χ4n) is 1.62. The molecular weight excluding hydrogens is 302 g/mol. The normalized spacial score (nSPS) is 15.1. The highest BCUT2D eigenvalue weighted by atomic mass is 79.9. The van der Waals surface area contributed by atoms with Crippen molar-refractivity contribution < 1.29 is 4.79 Å². The number of nitrogen functional groups attached to an aromatic ring is 1. The van der Waals surface area contributed by atoms with Gasteiger partial charge in [0.05, 0.1) is 0 Å². The number of amides is 2. The second-order valence-electron chi connectivity index (χ2n) is 3.76. The Morgan fingerprint density at radius 2 is 2.35 bits per heavy atom. The van der Waals surface area contributed by atoms with Crippen LogP contribution in [0.15, 0.2) is 27.6 Å². The van der Waals surface area contributed by atoms with Gasteiger partial charge >= 0.3 is 6.03 Å². The number of nitrogens with zero attached hydrogens (tertiary/aromatic N) is 1. The van der Waals surface area contributed by atoms with Crippen LogP contribution < -0.4 is 11.1 Å². The summed E-state index contributed by atoms with van der Waals surface area (Å²) in [5.74, 6) is 0.885. The van der Waals surface area contributed by atoms with Gasteiger partial charge in [-0.15, -0.1) is 11.8 Å². The summed E-state index contributed by atoms with van der Waals surface area (Å²) in [6, 6.07) is 5.82. The molecule has 1 aliphatic rings. The Bertz CT molecular complexity index is 427. The molecule has 1 saturated heterocycles. The molecule has 6 heteroatoms. The summed E-state index contributed by atoms with van der Waals surface area (Å²) >= 11 is 5.20. The maximum Gasteiger partial charge on any atom is 0.317 e. The number of nitrogens with two attached hydrogens (primary N) is 1. The zero-order valence-corrected chi connectivity index (χ0v) is 11.7. The second kappa shape index (κ2) is 5.64. The summed E-state index contributed by atoms with van der Waals surface area (Å²) in [6.07, 6.45) is 0. The van der Waals surface area contributed by atoms with E-state index in [1.54, 1.807) is 11.8 Å². The number of halogens is 1. The third-order valence-corrected chi connectivity index (χ3v) is 4.49. The molecule has 1 aromatic carbocycles. The molecule has 0 bridgehead atoms. The number of hydrogen-bond donors (Lipinski definition) is 2. The lowest BCUT2D eigenvalue weighted by molar-refractivity contribution is 0.220. The Kier molecular flexibility index (Phi) is 4.17. The molecule has 0 aromatic heterocycles. The largest absolute Gasteiger partial charge is 0.399 e. The van der Waals surface area contributed by atoms with Crippen LogP contribution in [0.4, 0.5) is 10.5 Å². The van der Waals surface area contributed by atoms with E-state index in [9.17, 15) is 4.79 Å². The number of rotatable bonds is 4. The van der Waals surface area contributed by atoms with Crippen LogP contribution >= 0.6 is 27.7 Å². The maximum absolute atomic E-state index is 11.3. The van der Waals surface area contributed by atoms with E-state index < -0.39 is 0 Å². The van der Waals surface area contributed by atoms with E-state index in [2.05, 4.69) is 21.2 Å². The number of anilines is 1. The quantitative estimate of drug-likeness (QED) is 0.661. The van der Waals surface area contributed by atoms with Crippen LogP contribution in [0.1, 0.15) is 0 Å². The topological polar surface area (TPSA) is 58.4 Å². The molecule has 2 rings (SSSR count). The number of benzene rings is 1. The van der Waals surface area contributed by atoms with Crippen molar-refractivity contribution in [2.75, 3.05) is 31.1 Å². The van der Waals surface area contributed by atoms with Crippen molar-refractivity contribution >= 4 is 39.4 Å². The molecule has 0 unspecified atom stereocenters. The molecular formula is C11H14BrN3OS. The van der Waals surface area contributed by atoms with E-state index >= 15 is 0 Å². The molecule has 2 amide bonds. The first-order valence-electron chi connectivity index (χ1n) is 5.37. The number of carbonyl (C=O) groups excluding carboxylic acids is 1. The van der Waals surface area contributed by atoms with Crippen molar-refractivity contribution in [1.82, 2.24) is 10.2 Å². The van der Waals surface area contributed by atoms with Crippen LogP contribution in [-0.4, -0.2) is 36.3 Å². The van der Waals surface area contributed by atoms with Crippen molar-refractivity contribution in [3.63, 3.8) is 0 Å². The lowest BCUT2D eigenvalue weighted by atomic mass is 10.3. The molecule has 3 N–H and O–H groups in total. The summed E-state index contributed by atoms with van der Waals surface area (Å²) in [4.78, 5) is 14.3. The minimum atomic E-state index is 0.0435. The van der Waals surface area contributed by atoms with Crippen molar-refractivity contribution in [1.29, 1.82) is 0 Å². The van der Waals surface area contributed by atoms with Crippen molar-refractivity contribution in [2.24, 2.45) is 0 Å². The first-order chi connectivity index (χ1) is 8.16. The molecule has 1 aromatic rings. The average molecular weight is 316 g/mol. The van der Waals surface area contributed by atoms with Crippen LogP contribution in [0.2, 0.25) is 0 Å².